The molecule has 0 spiro atoms. The van der Waals surface area contributed by atoms with Gasteiger partial charge in [0.05, 0.1) is 0 Å². The number of hydrogen-bond donors (Lipinski definition) is 1. The maximum Gasteiger partial charge on any atom is 0.0221 e. The minimum Gasteiger partial charge on any atom is -0.314 e. The van der Waals surface area contributed by atoms with Crippen LogP contribution in [0.5, 0.6) is 0 Å². The lowest BCUT2D eigenvalue weighted by Gasteiger charge is -2.37. The Hall–Kier alpha value is -0.0800. The van der Waals surface area contributed by atoms with E-state index < -0.39 is 0 Å². The average molecular weight is 184 g/mol. The quantitative estimate of drug-likeness (QED) is 0.715. The number of rotatable bonds is 4. The van der Waals surface area contributed by atoms with Crippen LogP contribution in [0, 0.1) is 5.92 Å². The summed E-state index contributed by atoms with van der Waals surface area (Å²) in [7, 11) is 0. The number of nitrogens with zero attached hydrogens (tertiary/aromatic N) is 1. The van der Waals surface area contributed by atoms with E-state index in [1.165, 1.54) is 39.0 Å². The minimum atomic E-state index is 0.793. The molecular formula is C11H24N2. The molecule has 0 amide bonds. The van der Waals surface area contributed by atoms with Crippen molar-refractivity contribution in [2.24, 2.45) is 5.92 Å². The van der Waals surface area contributed by atoms with Gasteiger partial charge in [-0.05, 0) is 12.3 Å². The van der Waals surface area contributed by atoms with E-state index in [0.29, 0.717) is 0 Å². The Morgan fingerprint density at radius 2 is 2.23 bits per heavy atom. The third-order valence-electron chi connectivity index (χ3n) is 2.69. The van der Waals surface area contributed by atoms with Gasteiger partial charge in [0.1, 0.15) is 0 Å². The van der Waals surface area contributed by atoms with E-state index in [9.17, 15) is 0 Å². The lowest BCUT2D eigenvalue weighted by Crippen LogP contribution is -2.52. The van der Waals surface area contributed by atoms with Crippen LogP contribution in [0.1, 0.15) is 33.6 Å². The molecule has 1 unspecified atom stereocenters. The first-order valence-corrected chi connectivity index (χ1v) is 5.68. The zero-order valence-corrected chi connectivity index (χ0v) is 9.34. The third kappa shape index (κ3) is 3.65. The van der Waals surface area contributed by atoms with Crippen LogP contribution in [0.2, 0.25) is 0 Å². The molecule has 0 aromatic heterocycles. The highest BCUT2D eigenvalue weighted by Crippen LogP contribution is 2.11. The highest BCUT2D eigenvalue weighted by atomic mass is 15.2. The normalized spacial score (nSPS) is 25.4. The minimum absolute atomic E-state index is 0.793. The summed E-state index contributed by atoms with van der Waals surface area (Å²) in [6, 6.07) is 0.793. The third-order valence-corrected chi connectivity index (χ3v) is 2.69. The van der Waals surface area contributed by atoms with Crippen LogP contribution in [0.15, 0.2) is 0 Å². The summed E-state index contributed by atoms with van der Waals surface area (Å²) in [5.74, 6) is 0.803. The van der Waals surface area contributed by atoms with E-state index in [2.05, 4.69) is 31.0 Å². The standard InChI is InChI=1S/C11H24N2/c1-4-5-11-8-12-6-7-13(11)9-10(2)3/h10-12H,4-9H2,1-3H3. The molecule has 2 nitrogen and oxygen atoms in total. The number of nitrogens with one attached hydrogen (secondary N) is 1. The Morgan fingerprint density at radius 1 is 1.46 bits per heavy atom. The first-order chi connectivity index (χ1) is 6.24. The summed E-state index contributed by atoms with van der Waals surface area (Å²) >= 11 is 0. The summed E-state index contributed by atoms with van der Waals surface area (Å²) < 4.78 is 0. The van der Waals surface area contributed by atoms with Crippen molar-refractivity contribution in [1.82, 2.24) is 10.2 Å². The van der Waals surface area contributed by atoms with Gasteiger partial charge in [0.2, 0.25) is 0 Å². The smallest absolute Gasteiger partial charge is 0.0221 e. The summed E-state index contributed by atoms with van der Waals surface area (Å²) in [6.07, 6.45) is 2.65. The average Bonchev–Trinajstić information content (AvgIpc) is 2.08. The van der Waals surface area contributed by atoms with Crippen molar-refractivity contribution in [3.8, 4) is 0 Å². The highest BCUT2D eigenvalue weighted by molar-refractivity contribution is 4.79. The fraction of sp³-hybridized carbons (Fsp3) is 1.00. The largest absolute Gasteiger partial charge is 0.314 e. The number of piperazine rings is 1. The monoisotopic (exact) mass is 184 g/mol. The molecule has 0 radical (unpaired) electrons. The van der Waals surface area contributed by atoms with Gasteiger partial charge in [-0.25, -0.2) is 0 Å². The molecule has 0 bridgehead atoms. The molecule has 0 aromatic carbocycles. The maximum atomic E-state index is 3.48. The van der Waals surface area contributed by atoms with Crippen molar-refractivity contribution in [1.29, 1.82) is 0 Å². The second-order valence-corrected chi connectivity index (χ2v) is 4.54. The molecule has 1 rings (SSSR count). The van der Waals surface area contributed by atoms with Gasteiger partial charge in [0.25, 0.3) is 0 Å². The first-order valence-electron chi connectivity index (χ1n) is 5.68. The molecular weight excluding hydrogens is 160 g/mol. The molecule has 1 atom stereocenters. The van der Waals surface area contributed by atoms with Gasteiger partial charge in [-0.2, -0.15) is 0 Å². The van der Waals surface area contributed by atoms with Crippen molar-refractivity contribution in [2.75, 3.05) is 26.2 Å². The van der Waals surface area contributed by atoms with E-state index in [1.54, 1.807) is 0 Å². The molecule has 1 N–H and O–H groups in total. The van der Waals surface area contributed by atoms with Gasteiger partial charge < -0.3 is 5.32 Å². The Balaban J connectivity index is 2.36. The van der Waals surface area contributed by atoms with Crippen LogP contribution in [-0.4, -0.2) is 37.1 Å². The van der Waals surface area contributed by atoms with E-state index in [1.807, 2.05) is 0 Å². The van der Waals surface area contributed by atoms with Crippen molar-refractivity contribution in [2.45, 2.75) is 39.7 Å². The Labute approximate surface area is 82.7 Å². The van der Waals surface area contributed by atoms with Gasteiger partial charge in [-0.15, -0.1) is 0 Å². The van der Waals surface area contributed by atoms with Gasteiger partial charge in [0, 0.05) is 32.2 Å². The predicted octanol–water partition coefficient (Wildman–Crippen LogP) is 1.72. The SMILES string of the molecule is CCCC1CNCCN1CC(C)C. The van der Waals surface area contributed by atoms with E-state index in [4.69, 9.17) is 0 Å². The summed E-state index contributed by atoms with van der Waals surface area (Å²) in [6.45, 7) is 11.8. The number of hydrogen-bond acceptors (Lipinski definition) is 2. The van der Waals surface area contributed by atoms with Crippen LogP contribution in [0.3, 0.4) is 0 Å². The molecule has 13 heavy (non-hydrogen) atoms. The molecule has 1 fully saturated rings. The molecule has 1 aliphatic heterocycles. The van der Waals surface area contributed by atoms with Gasteiger partial charge in [0.15, 0.2) is 0 Å². The Kier molecular flexibility index (Phi) is 4.74. The van der Waals surface area contributed by atoms with Crippen LogP contribution in [-0.2, 0) is 0 Å². The van der Waals surface area contributed by atoms with Crippen molar-refractivity contribution >= 4 is 0 Å². The summed E-state index contributed by atoms with van der Waals surface area (Å²) in [5, 5.41) is 3.48. The molecule has 78 valence electrons. The topological polar surface area (TPSA) is 15.3 Å². The van der Waals surface area contributed by atoms with E-state index in [-0.39, 0.29) is 0 Å². The lowest BCUT2D eigenvalue weighted by atomic mass is 10.1. The van der Waals surface area contributed by atoms with Crippen LogP contribution in [0.4, 0.5) is 0 Å². The van der Waals surface area contributed by atoms with Crippen molar-refractivity contribution in [3.05, 3.63) is 0 Å². The Morgan fingerprint density at radius 3 is 2.85 bits per heavy atom. The van der Waals surface area contributed by atoms with Crippen LogP contribution >= 0.6 is 0 Å². The Bertz CT molecular complexity index is 132. The van der Waals surface area contributed by atoms with Crippen molar-refractivity contribution in [3.63, 3.8) is 0 Å². The zero-order valence-electron chi connectivity index (χ0n) is 9.34. The molecule has 0 aliphatic carbocycles. The molecule has 2 heteroatoms. The maximum absolute atomic E-state index is 3.48. The molecule has 1 aliphatic rings. The second-order valence-electron chi connectivity index (χ2n) is 4.54. The van der Waals surface area contributed by atoms with Crippen LogP contribution < -0.4 is 5.32 Å². The van der Waals surface area contributed by atoms with Crippen molar-refractivity contribution < 1.29 is 0 Å². The van der Waals surface area contributed by atoms with Gasteiger partial charge >= 0.3 is 0 Å². The fourth-order valence-corrected chi connectivity index (χ4v) is 2.13. The second kappa shape index (κ2) is 5.61. The van der Waals surface area contributed by atoms with E-state index >= 15 is 0 Å². The highest BCUT2D eigenvalue weighted by Gasteiger charge is 2.21. The fourth-order valence-electron chi connectivity index (χ4n) is 2.13. The van der Waals surface area contributed by atoms with E-state index in [0.717, 1.165) is 12.0 Å². The predicted molar refractivity (Wildman–Crippen MR) is 58.0 cm³/mol. The molecule has 0 saturated carbocycles. The zero-order chi connectivity index (χ0) is 9.68. The van der Waals surface area contributed by atoms with Gasteiger partial charge in [-0.3, -0.25) is 4.90 Å². The lowest BCUT2D eigenvalue weighted by molar-refractivity contribution is 0.136. The molecule has 1 heterocycles. The van der Waals surface area contributed by atoms with Crippen LogP contribution in [0.25, 0.3) is 0 Å². The summed E-state index contributed by atoms with van der Waals surface area (Å²) in [5.41, 5.74) is 0. The first kappa shape index (κ1) is 11.0. The van der Waals surface area contributed by atoms with Gasteiger partial charge in [-0.1, -0.05) is 27.2 Å². The molecule has 0 aromatic rings. The summed E-state index contributed by atoms with van der Waals surface area (Å²) in [4.78, 5) is 2.66. The molecule has 1 saturated heterocycles.